The first-order chi connectivity index (χ1) is 11.2. The highest BCUT2D eigenvalue weighted by atomic mass is 32.1. The van der Waals surface area contributed by atoms with Gasteiger partial charge in [0.05, 0.1) is 6.61 Å². The van der Waals surface area contributed by atoms with E-state index in [4.69, 9.17) is 4.74 Å². The third kappa shape index (κ3) is 4.01. The molecule has 0 aliphatic carbocycles. The molecule has 0 saturated carbocycles. The molecule has 6 nitrogen and oxygen atoms in total. The third-order valence-corrected chi connectivity index (χ3v) is 5.77. The van der Waals surface area contributed by atoms with Crippen molar-refractivity contribution in [1.82, 2.24) is 15.1 Å². The zero-order valence-electron chi connectivity index (χ0n) is 14.0. The minimum Gasteiger partial charge on any atom is -0.461 e. The van der Waals surface area contributed by atoms with Crippen LogP contribution in [0.5, 0.6) is 0 Å². The second kappa shape index (κ2) is 7.57. The van der Waals surface area contributed by atoms with E-state index in [9.17, 15) is 4.79 Å². The van der Waals surface area contributed by atoms with Crippen molar-refractivity contribution in [3.05, 3.63) is 5.01 Å². The van der Waals surface area contributed by atoms with Crippen LogP contribution in [-0.2, 0) is 4.74 Å². The minimum absolute atomic E-state index is 0.355. The average molecular weight is 338 g/mol. The summed E-state index contributed by atoms with van der Waals surface area (Å²) in [6.07, 6.45) is 5.04. The number of carbonyl (C=O) groups excluding carboxylic acids is 1. The van der Waals surface area contributed by atoms with E-state index in [1.165, 1.54) is 50.1 Å². The van der Waals surface area contributed by atoms with E-state index in [1.807, 2.05) is 0 Å². The van der Waals surface area contributed by atoms with Crippen LogP contribution in [0, 0.1) is 5.92 Å². The van der Waals surface area contributed by atoms with Crippen LogP contribution >= 0.6 is 11.3 Å². The van der Waals surface area contributed by atoms with Crippen molar-refractivity contribution in [2.75, 3.05) is 37.7 Å². The topological polar surface area (TPSA) is 58.6 Å². The normalized spacial score (nSPS) is 23.9. The van der Waals surface area contributed by atoms with E-state index in [0.717, 1.165) is 24.1 Å². The Morgan fingerprint density at radius 1 is 1.26 bits per heavy atom. The van der Waals surface area contributed by atoms with Gasteiger partial charge in [-0.1, -0.05) is 18.3 Å². The molecule has 7 heteroatoms. The summed E-state index contributed by atoms with van der Waals surface area (Å²) in [7, 11) is 0. The molecule has 128 valence electrons. The van der Waals surface area contributed by atoms with Crippen LogP contribution in [0.15, 0.2) is 0 Å². The Morgan fingerprint density at radius 2 is 2.04 bits per heavy atom. The van der Waals surface area contributed by atoms with Gasteiger partial charge in [-0.15, -0.1) is 10.2 Å². The fraction of sp³-hybridized carbons (Fsp3) is 0.812. The van der Waals surface area contributed by atoms with E-state index in [2.05, 4.69) is 26.9 Å². The second-order valence-corrected chi connectivity index (χ2v) is 7.53. The number of hydrogen-bond donors (Lipinski definition) is 0. The molecule has 2 fully saturated rings. The molecular weight excluding hydrogens is 312 g/mol. The van der Waals surface area contributed by atoms with Crippen molar-refractivity contribution >= 4 is 22.4 Å². The van der Waals surface area contributed by atoms with Gasteiger partial charge in [0.2, 0.25) is 10.1 Å². The molecule has 1 atom stereocenters. The fourth-order valence-electron chi connectivity index (χ4n) is 3.60. The maximum absolute atomic E-state index is 11.7. The summed E-state index contributed by atoms with van der Waals surface area (Å²) in [5.41, 5.74) is 0. The van der Waals surface area contributed by atoms with Crippen molar-refractivity contribution in [3.8, 4) is 0 Å². The lowest BCUT2D eigenvalue weighted by atomic mass is 9.95. The third-order valence-electron chi connectivity index (χ3n) is 4.80. The molecular formula is C16H26N4O2S. The lowest BCUT2D eigenvalue weighted by Gasteiger charge is -2.41. The maximum atomic E-state index is 11.7. The molecule has 0 unspecified atom stereocenters. The van der Waals surface area contributed by atoms with Crippen LogP contribution < -0.4 is 4.90 Å². The number of piperidine rings is 2. The molecule has 0 spiro atoms. The molecule has 0 N–H and O–H groups in total. The van der Waals surface area contributed by atoms with Crippen LogP contribution in [0.1, 0.15) is 49.3 Å². The van der Waals surface area contributed by atoms with Crippen molar-refractivity contribution < 1.29 is 9.53 Å². The van der Waals surface area contributed by atoms with Crippen LogP contribution in [-0.4, -0.2) is 59.9 Å². The fourth-order valence-corrected chi connectivity index (χ4v) is 4.39. The monoisotopic (exact) mass is 338 g/mol. The van der Waals surface area contributed by atoms with Crippen LogP contribution in [0.3, 0.4) is 0 Å². The van der Waals surface area contributed by atoms with Crippen molar-refractivity contribution in [2.45, 2.75) is 45.6 Å². The van der Waals surface area contributed by atoms with Gasteiger partial charge in [-0.2, -0.15) is 0 Å². The van der Waals surface area contributed by atoms with Crippen LogP contribution in [0.2, 0.25) is 0 Å². The molecule has 1 aromatic rings. The number of nitrogens with zero attached hydrogens (tertiary/aromatic N) is 4. The van der Waals surface area contributed by atoms with Gasteiger partial charge in [0.25, 0.3) is 0 Å². The quantitative estimate of drug-likeness (QED) is 0.786. The zero-order chi connectivity index (χ0) is 16.2. The van der Waals surface area contributed by atoms with Crippen molar-refractivity contribution in [3.63, 3.8) is 0 Å². The maximum Gasteiger partial charge on any atom is 0.369 e. The van der Waals surface area contributed by atoms with Gasteiger partial charge in [-0.25, -0.2) is 4.79 Å². The van der Waals surface area contributed by atoms with Gasteiger partial charge < -0.3 is 9.64 Å². The number of rotatable bonds is 4. The molecule has 0 amide bonds. The average Bonchev–Trinajstić information content (AvgIpc) is 3.05. The molecule has 0 bridgehead atoms. The molecule has 2 aliphatic rings. The standard InChI is InChI=1S/C16H26N4O2S/c1-3-22-15(21)14-17-18-16(23-14)19-9-6-13(7-10-19)20-8-4-5-12(2)11-20/h12-13H,3-11H2,1-2H3/t12-/m1/s1. The first-order valence-corrected chi connectivity index (χ1v) is 9.48. The minimum atomic E-state index is -0.367. The lowest BCUT2D eigenvalue weighted by Crippen LogP contribution is -2.48. The van der Waals surface area contributed by atoms with E-state index < -0.39 is 0 Å². The molecule has 2 aliphatic heterocycles. The smallest absolute Gasteiger partial charge is 0.369 e. The van der Waals surface area contributed by atoms with E-state index in [1.54, 1.807) is 6.92 Å². The summed E-state index contributed by atoms with van der Waals surface area (Å²) in [6, 6.07) is 0.700. The number of anilines is 1. The first kappa shape index (κ1) is 16.6. The van der Waals surface area contributed by atoms with Gasteiger partial charge in [0.15, 0.2) is 0 Å². The van der Waals surface area contributed by atoms with Crippen molar-refractivity contribution in [2.24, 2.45) is 5.92 Å². The van der Waals surface area contributed by atoms with E-state index >= 15 is 0 Å². The molecule has 3 heterocycles. The molecule has 2 saturated heterocycles. The predicted octanol–water partition coefficient (Wildman–Crippen LogP) is 2.42. The first-order valence-electron chi connectivity index (χ1n) is 8.67. The number of carbonyl (C=O) groups is 1. The molecule has 1 aromatic heterocycles. The zero-order valence-corrected chi connectivity index (χ0v) is 14.8. The summed E-state index contributed by atoms with van der Waals surface area (Å²) in [4.78, 5) is 16.6. The molecule has 0 radical (unpaired) electrons. The molecule has 23 heavy (non-hydrogen) atoms. The van der Waals surface area contributed by atoms with Gasteiger partial charge in [-0.05, 0) is 45.1 Å². The Balaban J connectivity index is 1.53. The number of aromatic nitrogens is 2. The Kier molecular flexibility index (Phi) is 5.48. The molecule has 0 aromatic carbocycles. The Morgan fingerprint density at radius 3 is 2.74 bits per heavy atom. The van der Waals surface area contributed by atoms with Gasteiger partial charge in [-0.3, -0.25) is 4.90 Å². The summed E-state index contributed by atoms with van der Waals surface area (Å²) in [6.45, 7) is 9.01. The van der Waals surface area contributed by atoms with E-state index in [-0.39, 0.29) is 5.97 Å². The highest BCUT2D eigenvalue weighted by Crippen LogP contribution is 2.28. The Bertz CT molecular complexity index is 528. The van der Waals surface area contributed by atoms with Gasteiger partial charge in [0.1, 0.15) is 0 Å². The van der Waals surface area contributed by atoms with Gasteiger partial charge >= 0.3 is 5.97 Å². The number of hydrogen-bond acceptors (Lipinski definition) is 7. The second-order valence-electron chi connectivity index (χ2n) is 6.57. The largest absolute Gasteiger partial charge is 0.461 e. The summed E-state index contributed by atoms with van der Waals surface area (Å²) < 4.78 is 4.98. The van der Waals surface area contributed by atoms with Crippen LogP contribution in [0.4, 0.5) is 5.13 Å². The Labute approximate surface area is 141 Å². The molecule has 3 rings (SSSR count). The van der Waals surface area contributed by atoms with Gasteiger partial charge in [0, 0.05) is 25.7 Å². The van der Waals surface area contributed by atoms with Crippen LogP contribution in [0.25, 0.3) is 0 Å². The van der Waals surface area contributed by atoms with E-state index in [0.29, 0.717) is 17.7 Å². The SMILES string of the molecule is CCOC(=O)c1nnc(N2CCC(N3CCC[C@@H](C)C3)CC2)s1. The van der Waals surface area contributed by atoms with Crippen molar-refractivity contribution in [1.29, 1.82) is 0 Å². The lowest BCUT2D eigenvalue weighted by molar-refractivity contribution is 0.0525. The highest BCUT2D eigenvalue weighted by molar-refractivity contribution is 7.17. The number of likely N-dealkylation sites (tertiary alicyclic amines) is 1. The summed E-state index contributed by atoms with van der Waals surface area (Å²) >= 11 is 1.34. The Hall–Kier alpha value is -1.21. The summed E-state index contributed by atoms with van der Waals surface area (Å²) in [5, 5.41) is 9.34. The summed E-state index contributed by atoms with van der Waals surface area (Å²) in [5.74, 6) is 0.463. The predicted molar refractivity (Wildman–Crippen MR) is 91.1 cm³/mol. The number of ether oxygens (including phenoxy) is 1. The number of esters is 1. The highest BCUT2D eigenvalue weighted by Gasteiger charge is 2.29.